The highest BCUT2D eigenvalue weighted by molar-refractivity contribution is 9.10. The van der Waals surface area contributed by atoms with Gasteiger partial charge in [0, 0.05) is 21.1 Å². The summed E-state index contributed by atoms with van der Waals surface area (Å²) in [6.45, 7) is 0. The number of hydrogen-bond acceptors (Lipinski definition) is 3. The Morgan fingerprint density at radius 1 is 1.09 bits per heavy atom. The van der Waals surface area contributed by atoms with E-state index >= 15 is 0 Å². The third-order valence-electron chi connectivity index (χ3n) is 3.28. The molecule has 0 radical (unpaired) electrons. The maximum Gasteiger partial charge on any atom is 0.224 e. The molecule has 0 aliphatic heterocycles. The quantitative estimate of drug-likeness (QED) is 0.698. The van der Waals surface area contributed by atoms with Gasteiger partial charge in [0.25, 0.3) is 0 Å². The van der Waals surface area contributed by atoms with E-state index in [0.717, 1.165) is 20.2 Å². The SMILES string of the molecule is COc1cc(Br)c(CCC(=O)Nc2cccc(Br)c2)cc1OC. The summed E-state index contributed by atoms with van der Waals surface area (Å²) in [6, 6.07) is 11.2. The summed E-state index contributed by atoms with van der Waals surface area (Å²) in [4.78, 5) is 12.1. The number of benzene rings is 2. The lowest BCUT2D eigenvalue weighted by molar-refractivity contribution is -0.116. The van der Waals surface area contributed by atoms with E-state index in [2.05, 4.69) is 37.2 Å². The minimum Gasteiger partial charge on any atom is -0.493 e. The minimum absolute atomic E-state index is 0.0372. The van der Waals surface area contributed by atoms with Gasteiger partial charge in [-0.15, -0.1) is 0 Å². The molecule has 122 valence electrons. The fourth-order valence-corrected chi connectivity index (χ4v) is 3.05. The Morgan fingerprint density at radius 3 is 2.43 bits per heavy atom. The summed E-state index contributed by atoms with van der Waals surface area (Å²) < 4.78 is 12.4. The highest BCUT2D eigenvalue weighted by atomic mass is 79.9. The zero-order chi connectivity index (χ0) is 16.8. The van der Waals surface area contributed by atoms with Crippen molar-refractivity contribution in [1.82, 2.24) is 0 Å². The van der Waals surface area contributed by atoms with Crippen molar-refractivity contribution in [3.8, 4) is 11.5 Å². The third kappa shape index (κ3) is 4.97. The maximum absolute atomic E-state index is 12.1. The molecule has 0 unspecified atom stereocenters. The van der Waals surface area contributed by atoms with Gasteiger partial charge in [0.05, 0.1) is 14.2 Å². The molecule has 2 aromatic rings. The number of ether oxygens (including phenoxy) is 2. The van der Waals surface area contributed by atoms with E-state index < -0.39 is 0 Å². The highest BCUT2D eigenvalue weighted by Gasteiger charge is 2.11. The zero-order valence-electron chi connectivity index (χ0n) is 12.9. The summed E-state index contributed by atoms with van der Waals surface area (Å²) in [5, 5.41) is 2.88. The van der Waals surface area contributed by atoms with Gasteiger partial charge in [0.1, 0.15) is 0 Å². The number of rotatable bonds is 6. The molecular formula is C17H17Br2NO3. The van der Waals surface area contributed by atoms with Gasteiger partial charge in [-0.05, 0) is 42.3 Å². The predicted octanol–water partition coefficient (Wildman–Crippen LogP) is 4.80. The van der Waals surface area contributed by atoms with Crippen molar-refractivity contribution in [2.24, 2.45) is 0 Å². The van der Waals surface area contributed by atoms with Crippen LogP contribution in [-0.2, 0) is 11.2 Å². The summed E-state index contributed by atoms with van der Waals surface area (Å²) in [6.07, 6.45) is 0.974. The van der Waals surface area contributed by atoms with E-state index in [1.165, 1.54) is 0 Å². The van der Waals surface area contributed by atoms with Gasteiger partial charge < -0.3 is 14.8 Å². The van der Waals surface area contributed by atoms with Crippen LogP contribution < -0.4 is 14.8 Å². The zero-order valence-corrected chi connectivity index (χ0v) is 16.0. The minimum atomic E-state index is -0.0372. The molecule has 0 aliphatic carbocycles. The van der Waals surface area contributed by atoms with Crippen LogP contribution in [0, 0.1) is 0 Å². The molecule has 0 atom stereocenters. The van der Waals surface area contributed by atoms with Gasteiger partial charge in [0.2, 0.25) is 5.91 Å². The van der Waals surface area contributed by atoms with Crippen molar-refractivity contribution < 1.29 is 14.3 Å². The van der Waals surface area contributed by atoms with Crippen LogP contribution in [0.2, 0.25) is 0 Å². The van der Waals surface area contributed by atoms with Crippen molar-refractivity contribution in [3.63, 3.8) is 0 Å². The number of amides is 1. The molecule has 0 bridgehead atoms. The molecule has 23 heavy (non-hydrogen) atoms. The Morgan fingerprint density at radius 2 is 1.78 bits per heavy atom. The van der Waals surface area contributed by atoms with Gasteiger partial charge in [-0.3, -0.25) is 4.79 Å². The van der Waals surface area contributed by atoms with Crippen molar-refractivity contribution in [2.75, 3.05) is 19.5 Å². The monoisotopic (exact) mass is 441 g/mol. The standard InChI is InChI=1S/C17H17Br2NO3/c1-22-15-8-11(14(19)10-16(15)23-2)6-7-17(21)20-13-5-3-4-12(18)9-13/h3-5,8-10H,6-7H2,1-2H3,(H,20,21). The van der Waals surface area contributed by atoms with E-state index in [4.69, 9.17) is 9.47 Å². The fraction of sp³-hybridized carbons (Fsp3) is 0.235. The van der Waals surface area contributed by atoms with Gasteiger partial charge >= 0.3 is 0 Å². The van der Waals surface area contributed by atoms with E-state index in [1.807, 2.05) is 36.4 Å². The fourth-order valence-electron chi connectivity index (χ4n) is 2.13. The number of methoxy groups -OCH3 is 2. The van der Waals surface area contributed by atoms with E-state index in [1.54, 1.807) is 14.2 Å². The van der Waals surface area contributed by atoms with E-state index in [0.29, 0.717) is 24.3 Å². The smallest absolute Gasteiger partial charge is 0.224 e. The number of nitrogens with one attached hydrogen (secondary N) is 1. The first kappa shape index (κ1) is 17.8. The van der Waals surface area contributed by atoms with Crippen LogP contribution >= 0.6 is 31.9 Å². The number of anilines is 1. The predicted molar refractivity (Wildman–Crippen MR) is 98.3 cm³/mol. The number of aryl methyl sites for hydroxylation is 1. The second-order valence-corrected chi connectivity index (χ2v) is 6.63. The topological polar surface area (TPSA) is 47.6 Å². The Bertz CT molecular complexity index is 704. The molecule has 0 heterocycles. The normalized spacial score (nSPS) is 10.3. The molecule has 4 nitrogen and oxygen atoms in total. The Hall–Kier alpha value is -1.53. The van der Waals surface area contributed by atoms with Crippen LogP contribution in [0.15, 0.2) is 45.3 Å². The van der Waals surface area contributed by atoms with E-state index in [-0.39, 0.29) is 5.91 Å². The molecule has 0 fully saturated rings. The van der Waals surface area contributed by atoms with Crippen LogP contribution in [0.1, 0.15) is 12.0 Å². The second kappa shape index (κ2) is 8.36. The van der Waals surface area contributed by atoms with Gasteiger partial charge in [-0.25, -0.2) is 0 Å². The summed E-state index contributed by atoms with van der Waals surface area (Å²) in [5.74, 6) is 1.27. The first-order valence-electron chi connectivity index (χ1n) is 6.99. The van der Waals surface area contributed by atoms with Crippen molar-refractivity contribution in [2.45, 2.75) is 12.8 Å². The highest BCUT2D eigenvalue weighted by Crippen LogP contribution is 2.33. The number of carbonyl (C=O) groups is 1. The van der Waals surface area contributed by atoms with E-state index in [9.17, 15) is 4.79 Å². The molecule has 6 heteroatoms. The molecule has 2 rings (SSSR count). The van der Waals surface area contributed by atoms with Crippen LogP contribution in [0.3, 0.4) is 0 Å². The summed E-state index contributed by atoms with van der Waals surface area (Å²) >= 11 is 6.89. The number of carbonyl (C=O) groups excluding carboxylic acids is 1. The Balaban J connectivity index is 2.01. The lowest BCUT2D eigenvalue weighted by atomic mass is 10.1. The van der Waals surface area contributed by atoms with Crippen molar-refractivity contribution in [3.05, 3.63) is 50.9 Å². The summed E-state index contributed by atoms with van der Waals surface area (Å²) in [5.41, 5.74) is 1.77. The van der Waals surface area contributed by atoms with Gasteiger partial charge in [-0.2, -0.15) is 0 Å². The molecule has 1 amide bonds. The number of halogens is 2. The first-order chi connectivity index (χ1) is 11.0. The molecule has 0 saturated carbocycles. The average Bonchev–Trinajstić information content (AvgIpc) is 2.53. The maximum atomic E-state index is 12.1. The number of hydrogen-bond donors (Lipinski definition) is 1. The van der Waals surface area contributed by atoms with Gasteiger partial charge in [-0.1, -0.05) is 37.9 Å². The summed E-state index contributed by atoms with van der Waals surface area (Å²) in [7, 11) is 3.19. The van der Waals surface area contributed by atoms with Crippen LogP contribution in [-0.4, -0.2) is 20.1 Å². The molecule has 0 aliphatic rings. The Kier molecular flexibility index (Phi) is 6.47. The first-order valence-corrected chi connectivity index (χ1v) is 8.58. The Labute approximate surface area is 152 Å². The van der Waals surface area contributed by atoms with Crippen LogP contribution in [0.25, 0.3) is 0 Å². The van der Waals surface area contributed by atoms with Crippen molar-refractivity contribution >= 4 is 43.5 Å². The van der Waals surface area contributed by atoms with Crippen molar-refractivity contribution in [1.29, 1.82) is 0 Å². The molecule has 0 spiro atoms. The lowest BCUT2D eigenvalue weighted by Crippen LogP contribution is -2.12. The molecular weight excluding hydrogens is 426 g/mol. The lowest BCUT2D eigenvalue weighted by Gasteiger charge is -2.12. The largest absolute Gasteiger partial charge is 0.493 e. The average molecular weight is 443 g/mol. The second-order valence-electron chi connectivity index (χ2n) is 4.86. The molecule has 0 saturated heterocycles. The van der Waals surface area contributed by atoms with Crippen LogP contribution in [0.4, 0.5) is 5.69 Å². The third-order valence-corrected chi connectivity index (χ3v) is 4.51. The van der Waals surface area contributed by atoms with Gasteiger partial charge in [0.15, 0.2) is 11.5 Å². The van der Waals surface area contributed by atoms with Crippen LogP contribution in [0.5, 0.6) is 11.5 Å². The molecule has 1 N–H and O–H groups in total. The molecule has 2 aromatic carbocycles. The molecule has 0 aromatic heterocycles.